The number of nitrogens with one attached hydrogen (secondary N) is 1. The predicted octanol–water partition coefficient (Wildman–Crippen LogP) is 3.74. The van der Waals surface area contributed by atoms with Crippen LogP contribution in [-0.2, 0) is 6.54 Å². The molecule has 1 N–H and O–H groups in total. The van der Waals surface area contributed by atoms with Crippen LogP contribution in [0.1, 0.15) is 31.4 Å². The quantitative estimate of drug-likeness (QED) is 0.746. The molecule has 0 saturated heterocycles. The molecule has 0 aromatic heterocycles. The fourth-order valence-electron chi connectivity index (χ4n) is 1.74. The van der Waals surface area contributed by atoms with E-state index in [1.807, 2.05) is 0 Å². The van der Waals surface area contributed by atoms with Gasteiger partial charge in [0.15, 0.2) is 0 Å². The van der Waals surface area contributed by atoms with Gasteiger partial charge in [0.25, 0.3) is 0 Å². The molecule has 1 aromatic carbocycles. The van der Waals surface area contributed by atoms with Crippen LogP contribution < -0.4 is 5.32 Å². The van der Waals surface area contributed by atoms with Crippen LogP contribution in [0.5, 0.6) is 0 Å². The molecular formula is C14H22ClN. The van der Waals surface area contributed by atoms with Crippen molar-refractivity contribution in [1.82, 2.24) is 5.32 Å². The number of aryl methyl sites for hydroxylation is 1. The number of benzene rings is 1. The van der Waals surface area contributed by atoms with Crippen LogP contribution in [0.15, 0.2) is 24.3 Å². The Labute approximate surface area is 104 Å². The lowest BCUT2D eigenvalue weighted by Gasteiger charge is -2.21. The van der Waals surface area contributed by atoms with Crippen molar-refractivity contribution in [2.45, 2.75) is 39.8 Å². The predicted molar refractivity (Wildman–Crippen MR) is 72.0 cm³/mol. The third-order valence-corrected chi connectivity index (χ3v) is 3.13. The molecule has 0 fully saturated rings. The second kappa shape index (κ2) is 6.93. The van der Waals surface area contributed by atoms with E-state index in [0.717, 1.165) is 18.8 Å². The lowest BCUT2D eigenvalue weighted by molar-refractivity contribution is 0.389. The van der Waals surface area contributed by atoms with Crippen LogP contribution in [0.25, 0.3) is 0 Å². The van der Waals surface area contributed by atoms with Gasteiger partial charge in [-0.1, -0.05) is 43.7 Å². The van der Waals surface area contributed by atoms with Gasteiger partial charge < -0.3 is 5.32 Å². The molecule has 1 rings (SSSR count). The molecule has 1 atom stereocenters. The fraction of sp³-hybridized carbons (Fsp3) is 0.571. The molecule has 0 spiro atoms. The highest BCUT2D eigenvalue weighted by Crippen LogP contribution is 2.09. The summed E-state index contributed by atoms with van der Waals surface area (Å²) < 4.78 is 0. The lowest BCUT2D eigenvalue weighted by Crippen LogP contribution is -2.33. The Bertz CT molecular complexity index is 292. The summed E-state index contributed by atoms with van der Waals surface area (Å²) in [6.07, 6.45) is 1.03. The summed E-state index contributed by atoms with van der Waals surface area (Å²) in [6, 6.07) is 9.19. The Hall–Kier alpha value is -0.530. The van der Waals surface area contributed by atoms with E-state index in [9.17, 15) is 0 Å². The largest absolute Gasteiger partial charge is 0.310 e. The van der Waals surface area contributed by atoms with E-state index >= 15 is 0 Å². The molecule has 0 aliphatic heterocycles. The van der Waals surface area contributed by atoms with Crippen LogP contribution in [0.4, 0.5) is 0 Å². The van der Waals surface area contributed by atoms with Gasteiger partial charge in [0.1, 0.15) is 0 Å². The minimum absolute atomic E-state index is 0.513. The highest BCUT2D eigenvalue weighted by molar-refractivity contribution is 6.17. The van der Waals surface area contributed by atoms with Crippen LogP contribution in [0, 0.1) is 12.8 Å². The third-order valence-electron chi connectivity index (χ3n) is 2.91. The average molecular weight is 240 g/mol. The van der Waals surface area contributed by atoms with Gasteiger partial charge in [-0.15, -0.1) is 11.6 Å². The van der Waals surface area contributed by atoms with E-state index in [2.05, 4.69) is 50.4 Å². The molecule has 0 heterocycles. The molecule has 90 valence electrons. The highest BCUT2D eigenvalue weighted by atomic mass is 35.5. The minimum atomic E-state index is 0.513. The summed E-state index contributed by atoms with van der Waals surface area (Å²) in [6.45, 7) is 7.51. The SMILES string of the molecule is Cc1ccc(CNC(CCCl)C(C)C)cc1. The van der Waals surface area contributed by atoms with Crippen LogP contribution in [-0.4, -0.2) is 11.9 Å². The van der Waals surface area contributed by atoms with Gasteiger partial charge in [-0.25, -0.2) is 0 Å². The zero-order valence-corrected chi connectivity index (χ0v) is 11.2. The number of hydrogen-bond donors (Lipinski definition) is 1. The first-order chi connectivity index (χ1) is 7.63. The topological polar surface area (TPSA) is 12.0 Å². The zero-order chi connectivity index (χ0) is 12.0. The minimum Gasteiger partial charge on any atom is -0.310 e. The number of rotatable bonds is 6. The number of halogens is 1. The van der Waals surface area contributed by atoms with E-state index in [1.165, 1.54) is 11.1 Å². The smallest absolute Gasteiger partial charge is 0.0238 e. The monoisotopic (exact) mass is 239 g/mol. The van der Waals surface area contributed by atoms with Gasteiger partial charge in [-0.2, -0.15) is 0 Å². The van der Waals surface area contributed by atoms with Crippen molar-refractivity contribution in [3.05, 3.63) is 35.4 Å². The first kappa shape index (κ1) is 13.5. The Balaban J connectivity index is 2.45. The van der Waals surface area contributed by atoms with Gasteiger partial charge in [-0.3, -0.25) is 0 Å². The lowest BCUT2D eigenvalue weighted by atomic mass is 10.0. The molecule has 0 amide bonds. The van der Waals surface area contributed by atoms with Crippen molar-refractivity contribution in [3.63, 3.8) is 0 Å². The standard InChI is InChI=1S/C14H22ClN/c1-11(2)14(8-9-15)16-10-13-6-4-12(3)5-7-13/h4-7,11,14,16H,8-10H2,1-3H3. The maximum absolute atomic E-state index is 5.80. The fourth-order valence-corrected chi connectivity index (χ4v) is 1.98. The molecule has 2 heteroatoms. The van der Waals surface area contributed by atoms with Crippen molar-refractivity contribution in [2.75, 3.05) is 5.88 Å². The van der Waals surface area contributed by atoms with Gasteiger partial charge in [0.05, 0.1) is 0 Å². The molecule has 0 aliphatic rings. The molecule has 1 aromatic rings. The van der Waals surface area contributed by atoms with Gasteiger partial charge in [0.2, 0.25) is 0 Å². The summed E-state index contributed by atoms with van der Waals surface area (Å²) in [4.78, 5) is 0. The van der Waals surface area contributed by atoms with Gasteiger partial charge in [-0.05, 0) is 24.8 Å². The number of alkyl halides is 1. The van der Waals surface area contributed by atoms with Crippen molar-refractivity contribution in [3.8, 4) is 0 Å². The normalized spacial score (nSPS) is 13.1. The maximum Gasteiger partial charge on any atom is 0.0238 e. The van der Waals surface area contributed by atoms with E-state index < -0.39 is 0 Å². The average Bonchev–Trinajstić information content (AvgIpc) is 2.26. The van der Waals surface area contributed by atoms with E-state index in [1.54, 1.807) is 0 Å². The third kappa shape index (κ3) is 4.54. The Morgan fingerprint density at radius 3 is 2.31 bits per heavy atom. The molecule has 0 radical (unpaired) electrons. The van der Waals surface area contributed by atoms with Crippen LogP contribution >= 0.6 is 11.6 Å². The zero-order valence-electron chi connectivity index (χ0n) is 10.5. The Kier molecular flexibility index (Phi) is 5.86. The van der Waals surface area contributed by atoms with Crippen molar-refractivity contribution in [2.24, 2.45) is 5.92 Å². The summed E-state index contributed by atoms with van der Waals surface area (Å²) in [5.74, 6) is 1.35. The second-order valence-electron chi connectivity index (χ2n) is 4.69. The van der Waals surface area contributed by atoms with Crippen molar-refractivity contribution < 1.29 is 0 Å². The Morgan fingerprint density at radius 2 is 1.81 bits per heavy atom. The second-order valence-corrected chi connectivity index (χ2v) is 5.07. The van der Waals surface area contributed by atoms with Gasteiger partial charge >= 0.3 is 0 Å². The molecular weight excluding hydrogens is 218 g/mol. The molecule has 16 heavy (non-hydrogen) atoms. The molecule has 0 bridgehead atoms. The van der Waals surface area contributed by atoms with E-state index in [4.69, 9.17) is 11.6 Å². The van der Waals surface area contributed by atoms with Gasteiger partial charge in [0, 0.05) is 18.5 Å². The summed E-state index contributed by atoms with van der Waals surface area (Å²) in [5.41, 5.74) is 2.65. The number of hydrogen-bond acceptors (Lipinski definition) is 1. The molecule has 0 aliphatic carbocycles. The Morgan fingerprint density at radius 1 is 1.19 bits per heavy atom. The first-order valence-corrected chi connectivity index (χ1v) is 6.52. The summed E-state index contributed by atoms with van der Waals surface area (Å²) in [5, 5.41) is 3.57. The van der Waals surface area contributed by atoms with Crippen molar-refractivity contribution >= 4 is 11.6 Å². The molecule has 1 nitrogen and oxygen atoms in total. The van der Waals surface area contributed by atoms with E-state index in [-0.39, 0.29) is 0 Å². The molecule has 1 unspecified atom stereocenters. The van der Waals surface area contributed by atoms with Crippen LogP contribution in [0.2, 0.25) is 0 Å². The first-order valence-electron chi connectivity index (χ1n) is 5.98. The highest BCUT2D eigenvalue weighted by Gasteiger charge is 2.11. The van der Waals surface area contributed by atoms with Crippen molar-refractivity contribution in [1.29, 1.82) is 0 Å². The summed E-state index contributed by atoms with van der Waals surface area (Å²) in [7, 11) is 0. The van der Waals surface area contributed by atoms with E-state index in [0.29, 0.717) is 12.0 Å². The summed E-state index contributed by atoms with van der Waals surface area (Å²) >= 11 is 5.80. The molecule has 0 saturated carbocycles. The van der Waals surface area contributed by atoms with Crippen LogP contribution in [0.3, 0.4) is 0 Å². The maximum atomic E-state index is 5.80.